The Hall–Kier alpha value is -1.22. The van der Waals surface area contributed by atoms with Gasteiger partial charge in [-0.1, -0.05) is 12.1 Å². The highest BCUT2D eigenvalue weighted by molar-refractivity contribution is 8.14. The molecule has 0 spiro atoms. The van der Waals surface area contributed by atoms with Crippen LogP contribution < -0.4 is 5.32 Å². The fraction of sp³-hybridized carbons (Fsp3) is 0. The second kappa shape index (κ2) is 3.03. The SMILES string of the molecule is O=C1C=CNc2ccccc2S1. The summed E-state index contributed by atoms with van der Waals surface area (Å²) in [6, 6.07) is 7.74. The lowest BCUT2D eigenvalue weighted by Gasteiger charge is -2.02. The largest absolute Gasteiger partial charge is 0.361 e. The van der Waals surface area contributed by atoms with Crippen molar-refractivity contribution in [3.8, 4) is 0 Å². The maximum absolute atomic E-state index is 11.1. The van der Waals surface area contributed by atoms with Crippen LogP contribution in [0.3, 0.4) is 0 Å². The fourth-order valence-corrected chi connectivity index (χ4v) is 1.75. The lowest BCUT2D eigenvalue weighted by atomic mass is 10.3. The summed E-state index contributed by atoms with van der Waals surface area (Å²) >= 11 is 1.24. The van der Waals surface area contributed by atoms with Gasteiger partial charge in [-0.15, -0.1) is 0 Å². The molecule has 1 heterocycles. The molecule has 3 heteroatoms. The molecule has 1 aromatic rings. The van der Waals surface area contributed by atoms with Crippen molar-refractivity contribution in [2.45, 2.75) is 4.90 Å². The minimum atomic E-state index is 0.0625. The highest BCUT2D eigenvalue weighted by Gasteiger charge is 2.08. The smallest absolute Gasteiger partial charge is 0.218 e. The Morgan fingerprint density at radius 1 is 1.25 bits per heavy atom. The number of carbonyl (C=O) groups excluding carboxylic acids is 1. The Labute approximate surface area is 74.7 Å². The van der Waals surface area contributed by atoms with Crippen LogP contribution in [0.4, 0.5) is 5.69 Å². The van der Waals surface area contributed by atoms with E-state index in [1.807, 2.05) is 24.3 Å². The van der Waals surface area contributed by atoms with Crippen LogP contribution in [0, 0.1) is 0 Å². The van der Waals surface area contributed by atoms with E-state index in [-0.39, 0.29) is 5.12 Å². The molecule has 1 aliphatic rings. The molecule has 0 atom stereocenters. The van der Waals surface area contributed by atoms with E-state index in [4.69, 9.17) is 0 Å². The zero-order chi connectivity index (χ0) is 8.39. The average molecular weight is 177 g/mol. The zero-order valence-electron chi connectivity index (χ0n) is 6.28. The quantitative estimate of drug-likeness (QED) is 0.659. The molecule has 0 bridgehead atoms. The zero-order valence-corrected chi connectivity index (χ0v) is 7.10. The van der Waals surface area contributed by atoms with Gasteiger partial charge in [0.1, 0.15) is 0 Å². The number of thioether (sulfide) groups is 1. The van der Waals surface area contributed by atoms with Crippen molar-refractivity contribution in [3.63, 3.8) is 0 Å². The van der Waals surface area contributed by atoms with Crippen LogP contribution in [0.25, 0.3) is 0 Å². The molecule has 0 saturated carbocycles. The van der Waals surface area contributed by atoms with Crippen LogP contribution in [-0.4, -0.2) is 5.12 Å². The van der Waals surface area contributed by atoms with Gasteiger partial charge in [-0.2, -0.15) is 0 Å². The van der Waals surface area contributed by atoms with E-state index >= 15 is 0 Å². The minimum Gasteiger partial charge on any atom is -0.361 e. The normalized spacial score (nSPS) is 14.8. The van der Waals surface area contributed by atoms with E-state index in [9.17, 15) is 4.79 Å². The van der Waals surface area contributed by atoms with Gasteiger partial charge in [0, 0.05) is 17.2 Å². The second-order valence-corrected chi connectivity index (χ2v) is 3.44. The van der Waals surface area contributed by atoms with Crippen molar-refractivity contribution in [1.29, 1.82) is 0 Å². The lowest BCUT2D eigenvalue weighted by Crippen LogP contribution is -1.85. The molecule has 2 rings (SSSR count). The van der Waals surface area contributed by atoms with E-state index in [1.165, 1.54) is 17.8 Å². The van der Waals surface area contributed by atoms with Crippen LogP contribution >= 0.6 is 11.8 Å². The Balaban J connectivity index is 2.44. The number of para-hydroxylation sites is 1. The van der Waals surface area contributed by atoms with Crippen LogP contribution in [0.15, 0.2) is 41.4 Å². The van der Waals surface area contributed by atoms with Gasteiger partial charge >= 0.3 is 0 Å². The van der Waals surface area contributed by atoms with Crippen LogP contribution in [0.5, 0.6) is 0 Å². The topological polar surface area (TPSA) is 29.1 Å². The van der Waals surface area contributed by atoms with Gasteiger partial charge in [0.25, 0.3) is 0 Å². The number of anilines is 1. The average Bonchev–Trinajstić information content (AvgIpc) is 2.25. The van der Waals surface area contributed by atoms with Crippen molar-refractivity contribution in [2.75, 3.05) is 5.32 Å². The molecule has 2 nitrogen and oxygen atoms in total. The summed E-state index contributed by atoms with van der Waals surface area (Å²) in [5.41, 5.74) is 0.990. The summed E-state index contributed by atoms with van der Waals surface area (Å²) in [6.07, 6.45) is 3.20. The van der Waals surface area contributed by atoms with Crippen LogP contribution in [-0.2, 0) is 4.79 Å². The first kappa shape index (κ1) is 7.43. The second-order valence-electron chi connectivity index (χ2n) is 2.39. The monoisotopic (exact) mass is 177 g/mol. The first-order valence-electron chi connectivity index (χ1n) is 3.60. The van der Waals surface area contributed by atoms with Crippen molar-refractivity contribution in [1.82, 2.24) is 0 Å². The van der Waals surface area contributed by atoms with Crippen LogP contribution in [0.1, 0.15) is 0 Å². The van der Waals surface area contributed by atoms with E-state index in [0.29, 0.717) is 0 Å². The maximum Gasteiger partial charge on any atom is 0.218 e. The molecular weight excluding hydrogens is 170 g/mol. The van der Waals surface area contributed by atoms with E-state index in [0.717, 1.165) is 10.6 Å². The molecule has 0 radical (unpaired) electrons. The summed E-state index contributed by atoms with van der Waals surface area (Å²) in [5.74, 6) is 0. The summed E-state index contributed by atoms with van der Waals surface area (Å²) in [6.45, 7) is 0. The molecule has 0 fully saturated rings. The third-order valence-electron chi connectivity index (χ3n) is 1.56. The lowest BCUT2D eigenvalue weighted by molar-refractivity contribution is -0.107. The van der Waals surface area contributed by atoms with Gasteiger partial charge in [0.15, 0.2) is 0 Å². The summed E-state index contributed by atoms with van der Waals surface area (Å²) in [5, 5.41) is 3.10. The molecule has 12 heavy (non-hydrogen) atoms. The third-order valence-corrected chi connectivity index (χ3v) is 2.47. The molecule has 60 valence electrons. The molecular formula is C9H7NOS. The Kier molecular flexibility index (Phi) is 1.87. The van der Waals surface area contributed by atoms with Gasteiger partial charge in [-0.3, -0.25) is 4.79 Å². The molecule has 0 unspecified atom stereocenters. The standard InChI is InChI=1S/C9H7NOS/c11-9-5-6-10-7-3-1-2-4-8(7)12-9/h1-6,10H. The van der Waals surface area contributed by atoms with Crippen molar-refractivity contribution in [2.24, 2.45) is 0 Å². The van der Waals surface area contributed by atoms with E-state index in [1.54, 1.807) is 6.20 Å². The van der Waals surface area contributed by atoms with E-state index < -0.39 is 0 Å². The third kappa shape index (κ3) is 1.36. The first-order valence-corrected chi connectivity index (χ1v) is 4.42. The number of benzene rings is 1. The van der Waals surface area contributed by atoms with Gasteiger partial charge in [-0.05, 0) is 23.9 Å². The van der Waals surface area contributed by atoms with Crippen LogP contribution in [0.2, 0.25) is 0 Å². The predicted octanol–water partition coefficient (Wildman–Crippen LogP) is 2.24. The summed E-state index contributed by atoms with van der Waals surface area (Å²) in [7, 11) is 0. The number of hydrogen-bond donors (Lipinski definition) is 1. The number of fused-ring (bicyclic) bond motifs is 1. The molecule has 0 aliphatic carbocycles. The molecule has 0 amide bonds. The Morgan fingerprint density at radius 2 is 2.08 bits per heavy atom. The highest BCUT2D eigenvalue weighted by atomic mass is 32.2. The number of hydrogen-bond acceptors (Lipinski definition) is 3. The van der Waals surface area contributed by atoms with Crippen molar-refractivity contribution >= 4 is 22.6 Å². The Bertz CT molecular complexity index is 346. The molecule has 1 N–H and O–H groups in total. The fourth-order valence-electron chi connectivity index (χ4n) is 1.02. The van der Waals surface area contributed by atoms with E-state index in [2.05, 4.69) is 5.32 Å². The molecule has 1 aromatic carbocycles. The van der Waals surface area contributed by atoms with Crippen molar-refractivity contribution < 1.29 is 4.79 Å². The van der Waals surface area contributed by atoms with Gasteiger partial charge in [0.05, 0.1) is 5.69 Å². The minimum absolute atomic E-state index is 0.0625. The predicted molar refractivity (Wildman–Crippen MR) is 50.1 cm³/mol. The van der Waals surface area contributed by atoms with Gasteiger partial charge in [-0.25, -0.2) is 0 Å². The molecule has 0 aromatic heterocycles. The number of rotatable bonds is 0. The molecule has 0 saturated heterocycles. The Morgan fingerprint density at radius 3 is 3.00 bits per heavy atom. The van der Waals surface area contributed by atoms with Gasteiger partial charge < -0.3 is 5.32 Å². The van der Waals surface area contributed by atoms with Gasteiger partial charge in [0.2, 0.25) is 5.12 Å². The number of carbonyl (C=O) groups is 1. The molecule has 1 aliphatic heterocycles. The summed E-state index contributed by atoms with van der Waals surface area (Å²) in [4.78, 5) is 12.1. The van der Waals surface area contributed by atoms with Crippen molar-refractivity contribution in [3.05, 3.63) is 36.5 Å². The number of nitrogens with one attached hydrogen (secondary N) is 1. The maximum atomic E-state index is 11.1. The summed E-state index contributed by atoms with van der Waals surface area (Å²) < 4.78 is 0. The highest BCUT2D eigenvalue weighted by Crippen LogP contribution is 2.29. The first-order chi connectivity index (χ1) is 5.86.